The van der Waals surface area contributed by atoms with Crippen LogP contribution in [0.5, 0.6) is 0 Å². The summed E-state index contributed by atoms with van der Waals surface area (Å²) >= 11 is 1.84. The predicted molar refractivity (Wildman–Crippen MR) is 238 cm³/mol. The number of nitrogens with zero attached hydrogens (tertiary/aromatic N) is 4. The number of halogens is 1. The molecular weight excluding hydrogens is 736 g/mol. The summed E-state index contributed by atoms with van der Waals surface area (Å²) in [6.45, 7) is 0. The first kappa shape index (κ1) is 33.6. The molecule has 10 aromatic rings. The number of benzene rings is 7. The number of imidazole rings is 1. The lowest BCUT2D eigenvalue weighted by atomic mass is 9.99. The Morgan fingerprint density at radius 3 is 2.09 bits per heavy atom. The van der Waals surface area contributed by atoms with Crippen LogP contribution >= 0.6 is 11.3 Å². The highest BCUT2D eigenvalue weighted by molar-refractivity contribution is 7.26. The molecule has 4 heterocycles. The zero-order chi connectivity index (χ0) is 38.1. The number of pyridine rings is 1. The van der Waals surface area contributed by atoms with E-state index in [0.717, 1.165) is 39.6 Å². The zero-order valence-electron chi connectivity index (χ0n) is 31.1. The van der Waals surface area contributed by atoms with Crippen LogP contribution in [0.3, 0.4) is 0 Å². The SMILES string of the molecule is Cn1c(-c2cccc(C(F)c3cccc(N4c5cc6c(cc5[Si](c5ccccc5)(c5ccccc5)c5cccnc54)sc4ccccc46)c3)c2)nc2ccccc21. The molecule has 0 bridgehead atoms. The molecule has 1 aliphatic heterocycles. The van der Waals surface area contributed by atoms with E-state index < -0.39 is 14.2 Å². The molecule has 272 valence electrons. The summed E-state index contributed by atoms with van der Waals surface area (Å²) in [5.74, 6) is 1.68. The lowest BCUT2D eigenvalue weighted by Gasteiger charge is -2.44. The van der Waals surface area contributed by atoms with E-state index in [-0.39, 0.29) is 0 Å². The first-order valence-corrected chi connectivity index (χ1v) is 22.0. The maximum Gasteiger partial charge on any atom is 0.186 e. The highest BCUT2D eigenvalue weighted by atomic mass is 32.1. The van der Waals surface area contributed by atoms with Crippen molar-refractivity contribution in [2.24, 2.45) is 7.05 Å². The van der Waals surface area contributed by atoms with E-state index in [1.807, 2.05) is 85.2 Å². The van der Waals surface area contributed by atoms with Crippen LogP contribution in [0.25, 0.3) is 42.6 Å². The molecule has 4 nitrogen and oxygen atoms in total. The van der Waals surface area contributed by atoms with Gasteiger partial charge in [0.1, 0.15) is 11.6 Å². The second kappa shape index (κ2) is 13.2. The number of hydrogen-bond acceptors (Lipinski definition) is 4. The van der Waals surface area contributed by atoms with Gasteiger partial charge in [-0.25, -0.2) is 14.4 Å². The van der Waals surface area contributed by atoms with Crippen LogP contribution in [0.2, 0.25) is 0 Å². The summed E-state index contributed by atoms with van der Waals surface area (Å²) in [5, 5.41) is 7.53. The number of aryl methyl sites for hydroxylation is 1. The molecule has 7 heteroatoms. The van der Waals surface area contributed by atoms with Gasteiger partial charge in [-0.05, 0) is 86.5 Å². The fourth-order valence-electron chi connectivity index (χ4n) is 9.05. The van der Waals surface area contributed by atoms with Crippen molar-refractivity contribution >= 4 is 88.6 Å². The maximum absolute atomic E-state index is 17.1. The van der Waals surface area contributed by atoms with Crippen molar-refractivity contribution in [1.82, 2.24) is 14.5 Å². The molecule has 1 unspecified atom stereocenters. The van der Waals surface area contributed by atoms with Gasteiger partial charge >= 0.3 is 0 Å². The first-order valence-electron chi connectivity index (χ1n) is 19.2. The number of rotatable bonds is 6. The molecule has 0 aliphatic carbocycles. The number of para-hydroxylation sites is 2. The van der Waals surface area contributed by atoms with E-state index >= 15 is 4.39 Å². The smallest absolute Gasteiger partial charge is 0.186 e. The van der Waals surface area contributed by atoms with E-state index in [1.54, 1.807) is 0 Å². The molecule has 1 aliphatic rings. The van der Waals surface area contributed by atoms with Gasteiger partial charge in [0.15, 0.2) is 14.2 Å². The molecule has 0 saturated heterocycles. The van der Waals surface area contributed by atoms with Crippen LogP contribution in [0.15, 0.2) is 188 Å². The first-order chi connectivity index (χ1) is 28.1. The van der Waals surface area contributed by atoms with Gasteiger partial charge in [0.25, 0.3) is 0 Å². The summed E-state index contributed by atoms with van der Waals surface area (Å²) in [7, 11) is -0.931. The Hall–Kier alpha value is -6.67. The van der Waals surface area contributed by atoms with Crippen molar-refractivity contribution < 1.29 is 4.39 Å². The Morgan fingerprint density at radius 2 is 1.30 bits per heavy atom. The third kappa shape index (κ3) is 5.16. The van der Waals surface area contributed by atoms with Crippen molar-refractivity contribution in [3.05, 3.63) is 199 Å². The Balaban J connectivity index is 1.12. The minimum absolute atomic E-state index is 0.580. The van der Waals surface area contributed by atoms with Gasteiger partial charge in [0, 0.05) is 50.4 Å². The van der Waals surface area contributed by atoms with Crippen LogP contribution in [-0.2, 0) is 7.05 Å². The molecule has 57 heavy (non-hydrogen) atoms. The number of thiophene rings is 1. The molecule has 0 amide bonds. The molecule has 1 atom stereocenters. The maximum atomic E-state index is 17.1. The summed E-state index contributed by atoms with van der Waals surface area (Å²) in [6.07, 6.45) is 0.524. The van der Waals surface area contributed by atoms with Gasteiger partial charge in [-0.3, -0.25) is 4.90 Å². The fourth-order valence-corrected chi connectivity index (χ4v) is 15.3. The zero-order valence-corrected chi connectivity index (χ0v) is 32.9. The third-order valence-electron chi connectivity index (χ3n) is 11.6. The Kier molecular flexibility index (Phi) is 7.81. The topological polar surface area (TPSA) is 34.0 Å². The molecule has 0 saturated carbocycles. The number of anilines is 3. The molecule has 0 N–H and O–H groups in total. The number of hydrogen-bond donors (Lipinski definition) is 0. The monoisotopic (exact) mass is 770 g/mol. The third-order valence-corrected chi connectivity index (χ3v) is 17.5. The van der Waals surface area contributed by atoms with Crippen molar-refractivity contribution in [1.29, 1.82) is 0 Å². The van der Waals surface area contributed by atoms with Crippen molar-refractivity contribution in [3.8, 4) is 11.4 Å². The molecule has 11 rings (SSSR count). The average molecular weight is 771 g/mol. The molecule has 0 radical (unpaired) electrons. The van der Waals surface area contributed by atoms with E-state index in [9.17, 15) is 0 Å². The molecule has 3 aromatic heterocycles. The van der Waals surface area contributed by atoms with Gasteiger partial charge < -0.3 is 4.57 Å². The second-order valence-electron chi connectivity index (χ2n) is 14.7. The standard InChI is InChI=1S/C50H35FN4SSi/c1-54-42-25-10-9-24-41(42)53-49(54)35-17-12-15-33(29-35)48(51)34-16-13-18-36(30-34)55-43-31-40-39-23-8-11-26-44(39)56-45(40)32-47(43)57(37-19-4-2-5-20-37,38-21-6-3-7-22-38)46-27-14-28-52-50(46)55/h2-32,48H,1H3. The number of alkyl halides is 1. The van der Waals surface area contributed by atoms with Crippen LogP contribution in [-0.4, -0.2) is 22.6 Å². The minimum atomic E-state index is -2.94. The van der Waals surface area contributed by atoms with Crippen LogP contribution in [0.4, 0.5) is 21.6 Å². The predicted octanol–water partition coefficient (Wildman–Crippen LogP) is 10.2. The van der Waals surface area contributed by atoms with Crippen molar-refractivity contribution in [2.45, 2.75) is 6.17 Å². The lowest BCUT2D eigenvalue weighted by molar-refractivity contribution is 0.402. The Bertz CT molecular complexity index is 3100. The van der Waals surface area contributed by atoms with Gasteiger partial charge in [0.05, 0.1) is 11.0 Å². The lowest BCUT2D eigenvalue weighted by Crippen LogP contribution is -2.77. The largest absolute Gasteiger partial charge is 0.327 e. The molecular formula is C50H35FN4SSi. The summed E-state index contributed by atoms with van der Waals surface area (Å²) in [5.41, 5.74) is 5.94. The van der Waals surface area contributed by atoms with Crippen LogP contribution in [0, 0.1) is 0 Å². The quantitative estimate of drug-likeness (QED) is 0.158. The van der Waals surface area contributed by atoms with E-state index in [1.165, 1.54) is 40.9 Å². The van der Waals surface area contributed by atoms with Gasteiger partial charge in [-0.1, -0.05) is 127 Å². The molecule has 0 spiro atoms. The summed E-state index contributed by atoms with van der Waals surface area (Å²) in [4.78, 5) is 12.4. The highest BCUT2D eigenvalue weighted by Crippen LogP contribution is 2.43. The van der Waals surface area contributed by atoms with E-state index in [4.69, 9.17) is 9.97 Å². The van der Waals surface area contributed by atoms with Crippen molar-refractivity contribution in [2.75, 3.05) is 4.90 Å². The van der Waals surface area contributed by atoms with Crippen LogP contribution < -0.4 is 25.6 Å². The van der Waals surface area contributed by atoms with Gasteiger partial charge in [0.2, 0.25) is 0 Å². The molecule has 0 fully saturated rings. The number of fused-ring (bicyclic) bond motifs is 6. The average Bonchev–Trinajstić information content (AvgIpc) is 3.82. The highest BCUT2D eigenvalue weighted by Gasteiger charge is 2.49. The second-order valence-corrected chi connectivity index (χ2v) is 19.5. The summed E-state index contributed by atoms with van der Waals surface area (Å²) < 4.78 is 21.6. The van der Waals surface area contributed by atoms with E-state index in [2.05, 4.69) is 131 Å². The van der Waals surface area contributed by atoms with Gasteiger partial charge in [-0.15, -0.1) is 11.3 Å². The van der Waals surface area contributed by atoms with E-state index in [0.29, 0.717) is 11.1 Å². The summed E-state index contributed by atoms with van der Waals surface area (Å²) in [6, 6.07) is 63.6. The minimum Gasteiger partial charge on any atom is -0.327 e. The normalized spacial score (nSPS) is 13.8. The van der Waals surface area contributed by atoms with Crippen LogP contribution in [0.1, 0.15) is 17.3 Å². The van der Waals surface area contributed by atoms with Gasteiger partial charge in [-0.2, -0.15) is 0 Å². The fraction of sp³-hybridized carbons (Fsp3) is 0.0400. The van der Waals surface area contributed by atoms with Crippen molar-refractivity contribution in [3.63, 3.8) is 0 Å². The Labute approximate surface area is 334 Å². The molecule has 7 aromatic carbocycles. The Morgan fingerprint density at radius 1 is 0.596 bits per heavy atom. The number of aromatic nitrogens is 3.